The van der Waals surface area contributed by atoms with E-state index in [2.05, 4.69) is 27.8 Å². The van der Waals surface area contributed by atoms with Gasteiger partial charge in [-0.25, -0.2) is 0 Å². The Labute approximate surface area is 139 Å². The summed E-state index contributed by atoms with van der Waals surface area (Å²) >= 11 is 0. The Kier molecular flexibility index (Phi) is 6.13. The van der Waals surface area contributed by atoms with Crippen LogP contribution in [-0.2, 0) is 5.41 Å². The van der Waals surface area contributed by atoms with Crippen molar-refractivity contribution in [2.45, 2.75) is 37.5 Å². The van der Waals surface area contributed by atoms with Gasteiger partial charge in [-0.3, -0.25) is 4.99 Å². The van der Waals surface area contributed by atoms with Gasteiger partial charge in [-0.15, -0.1) is 0 Å². The van der Waals surface area contributed by atoms with Gasteiger partial charge in [-0.1, -0.05) is 25.3 Å². The molecule has 0 aromatic heterocycles. The maximum absolute atomic E-state index is 5.50. The highest BCUT2D eigenvalue weighted by molar-refractivity contribution is 5.79. The molecule has 1 fully saturated rings. The van der Waals surface area contributed by atoms with Crippen LogP contribution in [0.4, 0.5) is 0 Å². The standard InChI is InChI=1S/C18H29N3O2/c1-19-17(20-2)21-13-18(10-6-5-7-11-18)14-8-9-15(22-3)16(12-14)23-4/h8-9,12H,5-7,10-11,13H2,1-4H3,(H2,19,20,21). The Morgan fingerprint density at radius 3 is 2.39 bits per heavy atom. The summed E-state index contributed by atoms with van der Waals surface area (Å²) in [5.74, 6) is 2.41. The number of methoxy groups -OCH3 is 2. The van der Waals surface area contributed by atoms with Gasteiger partial charge in [0.2, 0.25) is 0 Å². The first-order chi connectivity index (χ1) is 11.2. The summed E-state index contributed by atoms with van der Waals surface area (Å²) in [6.45, 7) is 0.871. The molecule has 0 saturated heterocycles. The predicted octanol–water partition coefficient (Wildman–Crippen LogP) is 2.70. The van der Waals surface area contributed by atoms with Crippen molar-refractivity contribution in [3.8, 4) is 11.5 Å². The van der Waals surface area contributed by atoms with E-state index in [0.717, 1.165) is 24.0 Å². The van der Waals surface area contributed by atoms with Crippen LogP contribution >= 0.6 is 0 Å². The van der Waals surface area contributed by atoms with Crippen LogP contribution in [0.5, 0.6) is 11.5 Å². The second-order valence-corrected chi connectivity index (χ2v) is 6.09. The molecule has 0 unspecified atom stereocenters. The third kappa shape index (κ3) is 3.89. The van der Waals surface area contributed by atoms with Gasteiger partial charge >= 0.3 is 0 Å². The fourth-order valence-electron chi connectivity index (χ4n) is 3.49. The van der Waals surface area contributed by atoms with Gasteiger partial charge in [0, 0.05) is 26.1 Å². The lowest BCUT2D eigenvalue weighted by Crippen LogP contribution is -2.45. The van der Waals surface area contributed by atoms with Gasteiger partial charge in [0.05, 0.1) is 14.2 Å². The van der Waals surface area contributed by atoms with Gasteiger partial charge < -0.3 is 20.1 Å². The zero-order valence-electron chi connectivity index (χ0n) is 14.7. The number of benzene rings is 1. The van der Waals surface area contributed by atoms with Gasteiger partial charge in [0.1, 0.15) is 0 Å². The molecule has 0 bridgehead atoms. The number of rotatable bonds is 5. The van der Waals surface area contributed by atoms with Crippen LogP contribution in [0.25, 0.3) is 0 Å². The van der Waals surface area contributed by atoms with Crippen molar-refractivity contribution in [2.24, 2.45) is 4.99 Å². The lowest BCUT2D eigenvalue weighted by molar-refractivity contribution is 0.288. The van der Waals surface area contributed by atoms with Crippen LogP contribution in [0.15, 0.2) is 23.2 Å². The van der Waals surface area contributed by atoms with E-state index in [1.807, 2.05) is 13.1 Å². The minimum absolute atomic E-state index is 0.116. The molecule has 1 aliphatic carbocycles. The molecule has 0 amide bonds. The van der Waals surface area contributed by atoms with Crippen molar-refractivity contribution in [1.29, 1.82) is 0 Å². The van der Waals surface area contributed by atoms with E-state index < -0.39 is 0 Å². The highest BCUT2D eigenvalue weighted by atomic mass is 16.5. The first kappa shape index (κ1) is 17.4. The van der Waals surface area contributed by atoms with Crippen molar-refractivity contribution in [2.75, 3.05) is 34.9 Å². The monoisotopic (exact) mass is 319 g/mol. The summed E-state index contributed by atoms with van der Waals surface area (Å²) in [6, 6.07) is 6.32. The predicted molar refractivity (Wildman–Crippen MR) is 94.7 cm³/mol. The number of nitrogens with one attached hydrogen (secondary N) is 2. The number of ether oxygens (including phenoxy) is 2. The van der Waals surface area contributed by atoms with Crippen LogP contribution < -0.4 is 20.1 Å². The Bertz CT molecular complexity index is 537. The average molecular weight is 319 g/mol. The molecule has 0 spiro atoms. The van der Waals surface area contributed by atoms with Crippen molar-refractivity contribution in [1.82, 2.24) is 10.6 Å². The van der Waals surface area contributed by atoms with E-state index in [0.29, 0.717) is 0 Å². The molecule has 2 N–H and O–H groups in total. The molecule has 1 aromatic rings. The molecule has 0 aliphatic heterocycles. The zero-order chi connectivity index (χ0) is 16.7. The van der Waals surface area contributed by atoms with E-state index in [4.69, 9.17) is 9.47 Å². The number of aliphatic imine (C=N–C) groups is 1. The van der Waals surface area contributed by atoms with Crippen LogP contribution in [0.1, 0.15) is 37.7 Å². The molecular weight excluding hydrogens is 290 g/mol. The molecule has 5 nitrogen and oxygen atoms in total. The van der Waals surface area contributed by atoms with Crippen molar-refractivity contribution in [3.05, 3.63) is 23.8 Å². The molecule has 0 atom stereocenters. The lowest BCUT2D eigenvalue weighted by Gasteiger charge is -2.38. The van der Waals surface area contributed by atoms with E-state index in [-0.39, 0.29) is 5.41 Å². The van der Waals surface area contributed by atoms with Crippen LogP contribution in [0.2, 0.25) is 0 Å². The number of guanidine groups is 1. The lowest BCUT2D eigenvalue weighted by atomic mass is 9.69. The summed E-state index contributed by atoms with van der Waals surface area (Å²) in [5.41, 5.74) is 1.43. The molecule has 5 heteroatoms. The average Bonchev–Trinajstić information content (AvgIpc) is 2.62. The molecule has 1 saturated carbocycles. The molecule has 1 aliphatic rings. The summed E-state index contributed by atoms with van der Waals surface area (Å²) in [4.78, 5) is 4.23. The first-order valence-electron chi connectivity index (χ1n) is 8.30. The Hall–Kier alpha value is -1.91. The van der Waals surface area contributed by atoms with Gasteiger partial charge in [-0.2, -0.15) is 0 Å². The summed E-state index contributed by atoms with van der Waals surface area (Å²) < 4.78 is 10.9. The van der Waals surface area contributed by atoms with Crippen molar-refractivity contribution >= 4 is 5.96 Å². The second-order valence-electron chi connectivity index (χ2n) is 6.09. The van der Waals surface area contributed by atoms with Gasteiger partial charge in [0.25, 0.3) is 0 Å². The van der Waals surface area contributed by atoms with Gasteiger partial charge in [0.15, 0.2) is 17.5 Å². The van der Waals surface area contributed by atoms with Crippen LogP contribution in [0, 0.1) is 0 Å². The van der Waals surface area contributed by atoms with Crippen LogP contribution in [-0.4, -0.2) is 40.8 Å². The first-order valence-corrected chi connectivity index (χ1v) is 8.30. The van der Waals surface area contributed by atoms with Crippen LogP contribution in [0.3, 0.4) is 0 Å². The number of hydrogen-bond donors (Lipinski definition) is 2. The third-order valence-electron chi connectivity index (χ3n) is 4.86. The smallest absolute Gasteiger partial charge is 0.190 e. The quantitative estimate of drug-likeness (QED) is 0.647. The highest BCUT2D eigenvalue weighted by Gasteiger charge is 2.34. The summed E-state index contributed by atoms with van der Waals surface area (Å²) in [7, 11) is 7.05. The van der Waals surface area contributed by atoms with Crippen molar-refractivity contribution < 1.29 is 9.47 Å². The maximum Gasteiger partial charge on any atom is 0.190 e. The minimum Gasteiger partial charge on any atom is -0.493 e. The Morgan fingerprint density at radius 1 is 1.13 bits per heavy atom. The normalized spacial score (nSPS) is 17.5. The SMILES string of the molecule is CN=C(NC)NCC1(c2ccc(OC)c(OC)c2)CCCCC1. The number of hydrogen-bond acceptors (Lipinski definition) is 3. The Morgan fingerprint density at radius 2 is 1.83 bits per heavy atom. The zero-order valence-corrected chi connectivity index (χ0v) is 14.7. The molecular formula is C18H29N3O2. The Balaban J connectivity index is 2.30. The summed E-state index contributed by atoms with van der Waals surface area (Å²) in [5, 5.41) is 6.56. The molecule has 2 rings (SSSR count). The minimum atomic E-state index is 0.116. The summed E-state index contributed by atoms with van der Waals surface area (Å²) in [6.07, 6.45) is 6.19. The topological polar surface area (TPSA) is 54.9 Å². The van der Waals surface area contributed by atoms with E-state index in [9.17, 15) is 0 Å². The van der Waals surface area contributed by atoms with E-state index in [1.165, 1.54) is 37.7 Å². The van der Waals surface area contributed by atoms with E-state index in [1.54, 1.807) is 21.3 Å². The fourth-order valence-corrected chi connectivity index (χ4v) is 3.49. The van der Waals surface area contributed by atoms with Gasteiger partial charge in [-0.05, 0) is 30.5 Å². The molecule has 1 aromatic carbocycles. The van der Waals surface area contributed by atoms with E-state index >= 15 is 0 Å². The molecule has 0 heterocycles. The maximum atomic E-state index is 5.50. The highest BCUT2D eigenvalue weighted by Crippen LogP contribution is 2.41. The molecule has 128 valence electrons. The number of nitrogens with zero attached hydrogens (tertiary/aromatic N) is 1. The fraction of sp³-hybridized carbons (Fsp3) is 0.611. The van der Waals surface area contributed by atoms with Crippen molar-refractivity contribution in [3.63, 3.8) is 0 Å². The molecule has 0 radical (unpaired) electrons. The third-order valence-corrected chi connectivity index (χ3v) is 4.86. The largest absolute Gasteiger partial charge is 0.493 e. The second kappa shape index (κ2) is 8.09. The molecule has 23 heavy (non-hydrogen) atoms.